The molecule has 1 radical (unpaired) electrons. The number of nitrogens with zero attached hydrogens (tertiary/aromatic N) is 1. The summed E-state index contributed by atoms with van der Waals surface area (Å²) in [6.45, 7) is 11.0. The topological polar surface area (TPSA) is 12.9 Å². The molecule has 4 aromatic rings. The van der Waals surface area contributed by atoms with E-state index in [9.17, 15) is 0 Å². The summed E-state index contributed by atoms with van der Waals surface area (Å²) in [5.41, 5.74) is 8.37. The molecule has 0 unspecified atom stereocenters. The van der Waals surface area contributed by atoms with Crippen molar-refractivity contribution >= 4 is 21.7 Å². The molecule has 1 aromatic heterocycles. The third kappa shape index (κ3) is 3.71. The number of benzene rings is 2. The Balaban J connectivity index is 0.000000184. The fourth-order valence-electron chi connectivity index (χ4n) is 3.14. The monoisotopic (exact) mass is 507 g/mol. The van der Waals surface area contributed by atoms with Crippen LogP contribution in [0.15, 0.2) is 48.7 Å². The normalized spacial score (nSPS) is 10.3. The van der Waals surface area contributed by atoms with E-state index in [1.807, 2.05) is 24.4 Å². The molecule has 25 heavy (non-hydrogen) atoms. The van der Waals surface area contributed by atoms with Crippen LogP contribution in [0, 0.1) is 40.7 Å². The Morgan fingerprint density at radius 1 is 0.840 bits per heavy atom. The van der Waals surface area contributed by atoms with Gasteiger partial charge < -0.3 is 4.98 Å². The molecule has 4 rings (SSSR count). The third-order valence-electron chi connectivity index (χ3n) is 5.22. The Morgan fingerprint density at radius 2 is 1.44 bits per heavy atom. The minimum absolute atomic E-state index is 0. The predicted molar refractivity (Wildman–Crippen MR) is 105 cm³/mol. The van der Waals surface area contributed by atoms with Crippen LogP contribution in [-0.2, 0) is 20.1 Å². The van der Waals surface area contributed by atoms with Gasteiger partial charge in [0.2, 0.25) is 0 Å². The molecule has 0 aliphatic heterocycles. The van der Waals surface area contributed by atoms with E-state index in [4.69, 9.17) is 0 Å². The summed E-state index contributed by atoms with van der Waals surface area (Å²) in [5, 5.41) is 3.46. The minimum atomic E-state index is 0. The van der Waals surface area contributed by atoms with Crippen molar-refractivity contribution in [2.45, 2.75) is 34.6 Å². The standard InChI is InChI=1S/C13H8N.C10H15.Ir.H/c1-2-6-12-10(4-1)7-8-11-5-3-9-14-13(11)12;1-6-7(2)9(4)10(5)8(6)3;;/h1-5,7-9H;1-5H3;;/q2*-1;+2;. The molecular formula is C23H24IrN. The van der Waals surface area contributed by atoms with Crippen molar-refractivity contribution in [1.82, 2.24) is 4.98 Å². The Hall–Kier alpha value is -1.89. The smallest absolute Gasteiger partial charge is 0.0161 e. The predicted octanol–water partition coefficient (Wildman–Crippen LogP) is 5.87. The zero-order valence-corrected chi connectivity index (χ0v) is 18.0. The second-order valence-electron chi connectivity index (χ2n) is 6.40. The van der Waals surface area contributed by atoms with E-state index in [0.717, 1.165) is 10.9 Å². The van der Waals surface area contributed by atoms with Gasteiger partial charge in [-0.05, 0) is 17.0 Å². The number of rotatable bonds is 0. The van der Waals surface area contributed by atoms with Crippen LogP contribution in [0.1, 0.15) is 27.8 Å². The van der Waals surface area contributed by atoms with Gasteiger partial charge in [0.15, 0.2) is 0 Å². The van der Waals surface area contributed by atoms with Gasteiger partial charge in [0.1, 0.15) is 0 Å². The molecule has 0 saturated carbocycles. The summed E-state index contributed by atoms with van der Waals surface area (Å²) in [5.74, 6) is 0. The molecule has 130 valence electrons. The second kappa shape index (κ2) is 7.99. The van der Waals surface area contributed by atoms with E-state index in [0.29, 0.717) is 0 Å². The van der Waals surface area contributed by atoms with Crippen molar-refractivity contribution in [2.24, 2.45) is 0 Å². The van der Waals surface area contributed by atoms with E-state index in [1.165, 1.54) is 38.6 Å². The molecule has 0 fully saturated rings. The minimum Gasteiger partial charge on any atom is -0.304 e. The van der Waals surface area contributed by atoms with Gasteiger partial charge >= 0.3 is 20.1 Å². The second-order valence-corrected chi connectivity index (χ2v) is 6.40. The summed E-state index contributed by atoms with van der Waals surface area (Å²) in [6, 6.07) is 17.5. The molecule has 0 spiro atoms. The van der Waals surface area contributed by atoms with E-state index >= 15 is 0 Å². The molecule has 0 saturated heterocycles. The first kappa shape index (κ1) is 19.4. The zero-order chi connectivity index (χ0) is 17.3. The van der Waals surface area contributed by atoms with Gasteiger partial charge in [-0.15, -0.1) is 35.0 Å². The number of hydrogen-bond acceptors (Lipinski definition) is 1. The first-order chi connectivity index (χ1) is 11.5. The maximum Gasteiger partial charge on any atom is 0.0161 e. The molecule has 1 heterocycles. The van der Waals surface area contributed by atoms with Gasteiger partial charge in [-0.3, -0.25) is 0 Å². The van der Waals surface area contributed by atoms with Crippen molar-refractivity contribution < 1.29 is 20.1 Å². The molecule has 0 aliphatic carbocycles. The fraction of sp³-hybridized carbons (Fsp3) is 0.217. The summed E-state index contributed by atoms with van der Waals surface area (Å²) in [4.78, 5) is 4.38. The van der Waals surface area contributed by atoms with Crippen molar-refractivity contribution in [3.05, 3.63) is 82.5 Å². The first-order valence-corrected chi connectivity index (χ1v) is 8.34. The Bertz CT molecular complexity index is 876. The van der Waals surface area contributed by atoms with Crippen molar-refractivity contribution in [3.63, 3.8) is 0 Å². The maximum atomic E-state index is 4.38. The van der Waals surface area contributed by atoms with E-state index in [-0.39, 0.29) is 20.1 Å². The van der Waals surface area contributed by atoms with Crippen LogP contribution in [0.3, 0.4) is 0 Å². The Kier molecular flexibility index (Phi) is 6.21. The van der Waals surface area contributed by atoms with Crippen molar-refractivity contribution in [1.29, 1.82) is 0 Å². The van der Waals surface area contributed by atoms with Crippen LogP contribution in [0.4, 0.5) is 0 Å². The van der Waals surface area contributed by atoms with Crippen LogP contribution < -0.4 is 0 Å². The number of aromatic nitrogens is 1. The van der Waals surface area contributed by atoms with Gasteiger partial charge in [-0.2, -0.15) is 27.8 Å². The third-order valence-corrected chi connectivity index (χ3v) is 5.22. The molecule has 2 heteroatoms. The van der Waals surface area contributed by atoms with Crippen molar-refractivity contribution in [3.8, 4) is 0 Å². The molecule has 3 aromatic carbocycles. The number of hydrogen-bond donors (Lipinski definition) is 0. The number of pyridine rings is 1. The molecule has 0 atom stereocenters. The van der Waals surface area contributed by atoms with Crippen LogP contribution >= 0.6 is 0 Å². The van der Waals surface area contributed by atoms with Crippen LogP contribution in [-0.4, -0.2) is 4.98 Å². The van der Waals surface area contributed by atoms with E-state index < -0.39 is 0 Å². The van der Waals surface area contributed by atoms with Gasteiger partial charge in [-0.1, -0.05) is 52.8 Å². The number of fused-ring (bicyclic) bond motifs is 3. The molecule has 0 amide bonds. The zero-order valence-electron chi connectivity index (χ0n) is 15.4. The summed E-state index contributed by atoms with van der Waals surface area (Å²) < 4.78 is 0. The van der Waals surface area contributed by atoms with E-state index in [1.54, 1.807) is 0 Å². The van der Waals surface area contributed by atoms with E-state index in [2.05, 4.69) is 69.9 Å². The van der Waals surface area contributed by atoms with Crippen LogP contribution in [0.5, 0.6) is 0 Å². The molecular weight excluding hydrogens is 482 g/mol. The first-order valence-electron chi connectivity index (χ1n) is 8.34. The average Bonchev–Trinajstić information content (AvgIpc) is 2.80. The quantitative estimate of drug-likeness (QED) is 0.215. The fourth-order valence-corrected chi connectivity index (χ4v) is 3.14. The summed E-state index contributed by atoms with van der Waals surface area (Å²) in [7, 11) is 0. The Labute approximate surface area is 163 Å². The van der Waals surface area contributed by atoms with Gasteiger partial charge in [0.05, 0.1) is 0 Å². The van der Waals surface area contributed by atoms with Crippen molar-refractivity contribution in [2.75, 3.05) is 0 Å². The molecule has 0 aliphatic rings. The summed E-state index contributed by atoms with van der Waals surface area (Å²) >= 11 is 0. The Morgan fingerprint density at radius 3 is 2.04 bits per heavy atom. The van der Waals surface area contributed by atoms with Crippen LogP contribution in [0.2, 0.25) is 0 Å². The van der Waals surface area contributed by atoms with Gasteiger partial charge in [0, 0.05) is 6.20 Å². The maximum absolute atomic E-state index is 4.38. The summed E-state index contributed by atoms with van der Waals surface area (Å²) in [6.07, 6.45) is 1.82. The SMILES string of the molecule is Cc1c(C)c(C)[c-](C)c1C.[IrH+2].[c-]1cccc2ccc3cccnc3c12. The largest absolute Gasteiger partial charge is 0.304 e. The van der Waals surface area contributed by atoms with Crippen LogP contribution in [0.25, 0.3) is 21.7 Å². The molecule has 0 bridgehead atoms. The molecule has 0 N–H and O–H groups in total. The molecule has 1 nitrogen and oxygen atoms in total. The average molecular weight is 507 g/mol. The van der Waals surface area contributed by atoms with Gasteiger partial charge in [0.25, 0.3) is 0 Å². The van der Waals surface area contributed by atoms with Gasteiger partial charge in [-0.25, -0.2) is 0 Å².